The molecule has 4 nitrogen and oxygen atoms in total. The highest BCUT2D eigenvalue weighted by Gasteiger charge is 2.14. The molecule has 0 amide bonds. The van der Waals surface area contributed by atoms with E-state index in [1.807, 2.05) is 46.0 Å². The third-order valence-corrected chi connectivity index (χ3v) is 3.78. The Hall–Kier alpha value is -1.52. The van der Waals surface area contributed by atoms with Gasteiger partial charge in [-0.3, -0.25) is 4.68 Å². The summed E-state index contributed by atoms with van der Waals surface area (Å²) in [5, 5.41) is 4.93. The van der Waals surface area contributed by atoms with E-state index in [0.29, 0.717) is 11.6 Å². The molecule has 1 aromatic carbocycles. The van der Waals surface area contributed by atoms with Crippen molar-refractivity contribution in [1.29, 1.82) is 0 Å². The molecule has 1 atom stereocenters. The zero-order valence-corrected chi connectivity index (χ0v) is 13.0. The van der Waals surface area contributed by atoms with Crippen molar-refractivity contribution < 1.29 is 4.74 Å². The molecule has 0 aliphatic carbocycles. The maximum absolute atomic E-state index is 6.23. The van der Waals surface area contributed by atoms with Gasteiger partial charge in [0.1, 0.15) is 12.4 Å². The third kappa shape index (κ3) is 2.97. The predicted octanol–water partition coefficient (Wildman–Crippen LogP) is 3.29. The van der Waals surface area contributed by atoms with Crippen LogP contribution in [-0.2, 0) is 13.7 Å². The Kier molecular flexibility index (Phi) is 4.35. The molecule has 0 bridgehead atoms. The number of aryl methyl sites for hydroxylation is 3. The molecule has 2 aromatic rings. The first-order chi connectivity index (χ1) is 9.40. The van der Waals surface area contributed by atoms with E-state index in [1.54, 1.807) is 4.68 Å². The molecule has 5 heteroatoms. The van der Waals surface area contributed by atoms with Crippen LogP contribution >= 0.6 is 11.6 Å². The maximum atomic E-state index is 6.23. The molecule has 2 rings (SSSR count). The summed E-state index contributed by atoms with van der Waals surface area (Å²) in [7, 11) is 1.86. The maximum Gasteiger partial charge on any atom is 0.131 e. The molecule has 0 saturated heterocycles. The fourth-order valence-electron chi connectivity index (χ4n) is 2.13. The number of benzene rings is 1. The van der Waals surface area contributed by atoms with E-state index in [1.165, 1.54) is 0 Å². The number of hydrogen-bond acceptors (Lipinski definition) is 3. The summed E-state index contributed by atoms with van der Waals surface area (Å²) in [6.07, 6.45) is 0. The Labute approximate surface area is 124 Å². The molecular weight excluding hydrogens is 274 g/mol. The summed E-state index contributed by atoms with van der Waals surface area (Å²) in [5.41, 5.74) is 9.77. The van der Waals surface area contributed by atoms with Gasteiger partial charge in [0.25, 0.3) is 0 Å². The standard InChI is InChI=1S/C15H20ClN3O/c1-9-5-6-12(10(2)17)14(7-9)20-8-13-15(16)11(3)18-19(13)4/h5-7,10H,8,17H2,1-4H3/t10-/m1/s1. The average Bonchev–Trinajstić information content (AvgIpc) is 2.61. The summed E-state index contributed by atoms with van der Waals surface area (Å²) >= 11 is 6.23. The van der Waals surface area contributed by atoms with Crippen LogP contribution in [0.25, 0.3) is 0 Å². The Bertz CT molecular complexity index is 620. The minimum Gasteiger partial charge on any atom is -0.487 e. The van der Waals surface area contributed by atoms with Crippen LogP contribution in [0.4, 0.5) is 0 Å². The molecule has 0 spiro atoms. The highest BCUT2D eigenvalue weighted by atomic mass is 35.5. The van der Waals surface area contributed by atoms with Gasteiger partial charge in [0, 0.05) is 18.7 Å². The Balaban J connectivity index is 2.24. The van der Waals surface area contributed by atoms with Crippen molar-refractivity contribution in [1.82, 2.24) is 9.78 Å². The summed E-state index contributed by atoms with van der Waals surface area (Å²) in [6.45, 7) is 6.23. The van der Waals surface area contributed by atoms with Crippen molar-refractivity contribution in [3.8, 4) is 5.75 Å². The van der Waals surface area contributed by atoms with Gasteiger partial charge >= 0.3 is 0 Å². The molecule has 108 valence electrons. The smallest absolute Gasteiger partial charge is 0.131 e. The van der Waals surface area contributed by atoms with Crippen LogP contribution in [0.2, 0.25) is 5.02 Å². The minimum absolute atomic E-state index is 0.0747. The van der Waals surface area contributed by atoms with Crippen LogP contribution in [0, 0.1) is 13.8 Å². The van der Waals surface area contributed by atoms with Gasteiger partial charge in [-0.2, -0.15) is 5.10 Å². The van der Waals surface area contributed by atoms with E-state index in [4.69, 9.17) is 22.1 Å². The molecule has 0 fully saturated rings. The Morgan fingerprint density at radius 2 is 2.10 bits per heavy atom. The van der Waals surface area contributed by atoms with Crippen LogP contribution in [0.5, 0.6) is 5.75 Å². The van der Waals surface area contributed by atoms with Crippen LogP contribution in [0.3, 0.4) is 0 Å². The lowest BCUT2D eigenvalue weighted by Crippen LogP contribution is -2.09. The Morgan fingerprint density at radius 3 is 2.65 bits per heavy atom. The highest BCUT2D eigenvalue weighted by Crippen LogP contribution is 2.27. The number of nitrogens with zero attached hydrogens (tertiary/aromatic N) is 2. The number of ether oxygens (including phenoxy) is 1. The zero-order valence-electron chi connectivity index (χ0n) is 12.3. The lowest BCUT2D eigenvalue weighted by Gasteiger charge is -2.15. The zero-order chi connectivity index (χ0) is 14.9. The molecule has 1 aromatic heterocycles. The minimum atomic E-state index is -0.0747. The average molecular weight is 294 g/mol. The topological polar surface area (TPSA) is 53.1 Å². The van der Waals surface area contributed by atoms with Crippen molar-refractivity contribution in [2.24, 2.45) is 12.8 Å². The predicted molar refractivity (Wildman–Crippen MR) is 81.1 cm³/mol. The number of aromatic nitrogens is 2. The Morgan fingerprint density at radius 1 is 1.40 bits per heavy atom. The van der Waals surface area contributed by atoms with Gasteiger partial charge in [-0.25, -0.2) is 0 Å². The number of hydrogen-bond donors (Lipinski definition) is 1. The highest BCUT2D eigenvalue weighted by molar-refractivity contribution is 6.31. The third-order valence-electron chi connectivity index (χ3n) is 3.29. The molecule has 2 N–H and O–H groups in total. The second-order valence-corrected chi connectivity index (χ2v) is 5.47. The number of halogens is 1. The summed E-state index contributed by atoms with van der Waals surface area (Å²) in [5.74, 6) is 0.801. The quantitative estimate of drug-likeness (QED) is 0.941. The van der Waals surface area contributed by atoms with E-state index < -0.39 is 0 Å². The van der Waals surface area contributed by atoms with E-state index in [0.717, 1.165) is 28.3 Å². The summed E-state index contributed by atoms with van der Waals surface area (Å²) in [4.78, 5) is 0. The first-order valence-electron chi connectivity index (χ1n) is 6.57. The monoisotopic (exact) mass is 293 g/mol. The van der Waals surface area contributed by atoms with Gasteiger partial charge in [0.2, 0.25) is 0 Å². The van der Waals surface area contributed by atoms with E-state index in [9.17, 15) is 0 Å². The molecule has 0 unspecified atom stereocenters. The SMILES string of the molecule is Cc1ccc([C@@H](C)N)c(OCc2c(Cl)c(C)nn2C)c1. The number of nitrogens with two attached hydrogens (primary N) is 1. The first kappa shape index (κ1) is 14.9. The molecule has 0 aliphatic rings. The van der Waals surface area contributed by atoms with Crippen LogP contribution in [0.1, 0.15) is 35.5 Å². The fourth-order valence-corrected chi connectivity index (χ4v) is 2.34. The lowest BCUT2D eigenvalue weighted by atomic mass is 10.1. The molecular formula is C15H20ClN3O. The van der Waals surface area contributed by atoms with E-state index >= 15 is 0 Å². The lowest BCUT2D eigenvalue weighted by molar-refractivity contribution is 0.290. The van der Waals surface area contributed by atoms with Gasteiger partial charge in [0.05, 0.1) is 16.4 Å². The van der Waals surface area contributed by atoms with Gasteiger partial charge in [0.15, 0.2) is 0 Å². The van der Waals surface area contributed by atoms with Gasteiger partial charge in [-0.05, 0) is 32.4 Å². The summed E-state index contributed by atoms with van der Waals surface area (Å²) in [6, 6.07) is 5.96. The first-order valence-corrected chi connectivity index (χ1v) is 6.95. The fraction of sp³-hybridized carbons (Fsp3) is 0.400. The van der Waals surface area contributed by atoms with Crippen molar-refractivity contribution in [2.75, 3.05) is 0 Å². The van der Waals surface area contributed by atoms with Crippen LogP contribution < -0.4 is 10.5 Å². The normalized spacial score (nSPS) is 12.5. The summed E-state index contributed by atoms with van der Waals surface area (Å²) < 4.78 is 7.66. The van der Waals surface area contributed by atoms with E-state index in [2.05, 4.69) is 5.10 Å². The largest absolute Gasteiger partial charge is 0.487 e. The second kappa shape index (κ2) is 5.85. The molecule has 0 radical (unpaired) electrons. The molecule has 0 aliphatic heterocycles. The van der Waals surface area contributed by atoms with Crippen molar-refractivity contribution in [3.05, 3.63) is 45.7 Å². The molecule has 0 saturated carbocycles. The number of rotatable bonds is 4. The van der Waals surface area contributed by atoms with Gasteiger partial charge < -0.3 is 10.5 Å². The van der Waals surface area contributed by atoms with Crippen LogP contribution in [-0.4, -0.2) is 9.78 Å². The van der Waals surface area contributed by atoms with E-state index in [-0.39, 0.29) is 6.04 Å². The van der Waals surface area contributed by atoms with Crippen LogP contribution in [0.15, 0.2) is 18.2 Å². The van der Waals surface area contributed by atoms with Crippen molar-refractivity contribution in [3.63, 3.8) is 0 Å². The van der Waals surface area contributed by atoms with Gasteiger partial charge in [-0.1, -0.05) is 23.7 Å². The van der Waals surface area contributed by atoms with Crippen molar-refractivity contribution >= 4 is 11.6 Å². The second-order valence-electron chi connectivity index (χ2n) is 5.09. The molecule has 20 heavy (non-hydrogen) atoms. The van der Waals surface area contributed by atoms with Crippen molar-refractivity contribution in [2.45, 2.75) is 33.4 Å². The van der Waals surface area contributed by atoms with Gasteiger partial charge in [-0.15, -0.1) is 0 Å². The molecule has 1 heterocycles.